The molecule has 2 nitrogen and oxygen atoms in total. The summed E-state index contributed by atoms with van der Waals surface area (Å²) in [6.45, 7) is 7.11. The van der Waals surface area contributed by atoms with Gasteiger partial charge in [0.25, 0.3) is 0 Å². The minimum absolute atomic E-state index is 0. The monoisotopic (exact) mass is 120 g/mol. The number of carbonyl (C=O) groups is 1. The molecule has 0 aliphatic carbocycles. The molecule has 0 heterocycles. The largest absolute Gasteiger partial charge is 0.350 e. The number of amides is 1. The molecule has 0 aliphatic rings. The maximum Gasteiger partial charge on any atom is 0.243 e. The molecule has 0 fully saturated rings. The van der Waals surface area contributed by atoms with Crippen molar-refractivity contribution in [1.29, 1.82) is 0 Å². The molecular weight excluding hydrogens is 109 g/mol. The van der Waals surface area contributed by atoms with Crippen LogP contribution in [0, 0.1) is 0 Å². The van der Waals surface area contributed by atoms with Crippen molar-refractivity contribution in [3.8, 4) is 0 Å². The Morgan fingerprint density at radius 1 is 1.67 bits per heavy atom. The van der Waals surface area contributed by atoms with Crippen LogP contribution in [0.1, 0.15) is 13.8 Å². The molecule has 0 bridgehead atoms. The minimum atomic E-state index is -0.111. The summed E-state index contributed by atoms with van der Waals surface area (Å²) in [4.78, 5) is 10.4. The molecule has 0 aromatic carbocycles. The summed E-state index contributed by atoms with van der Waals surface area (Å²) in [5.74, 6) is -0.111. The number of rotatable bonds is 2. The molecule has 9 heavy (non-hydrogen) atoms. The van der Waals surface area contributed by atoms with E-state index in [0.29, 0.717) is 0 Å². The first kappa shape index (κ1) is 11.6. The van der Waals surface area contributed by atoms with Gasteiger partial charge < -0.3 is 5.32 Å². The molecule has 1 amide bonds. The predicted molar refractivity (Wildman–Crippen MR) is 39.2 cm³/mol. The van der Waals surface area contributed by atoms with Crippen LogP contribution in [0.5, 0.6) is 0 Å². The Balaban J connectivity index is 0. The molecule has 0 saturated heterocycles. The first-order valence-electron chi connectivity index (χ1n) is 2.59. The van der Waals surface area contributed by atoms with Gasteiger partial charge in [0.15, 0.2) is 0 Å². The molecule has 0 unspecified atom stereocenters. The van der Waals surface area contributed by atoms with Gasteiger partial charge in [-0.25, -0.2) is 0 Å². The van der Waals surface area contributed by atoms with Gasteiger partial charge >= 0.3 is 0 Å². The average molecular weight is 120 g/mol. The number of hydrogen-bond donors (Lipinski definition) is 1. The van der Waals surface area contributed by atoms with Crippen molar-refractivity contribution in [3.63, 3.8) is 0 Å². The van der Waals surface area contributed by atoms with Gasteiger partial charge in [0, 0.05) is 24.9 Å². The number of hydrogen-bond acceptors (Lipinski definition) is 1. The Kier molecular flexibility index (Phi) is 7.64. The maximum atomic E-state index is 10.4. The van der Waals surface area contributed by atoms with Gasteiger partial charge in [0.2, 0.25) is 5.91 Å². The molecule has 0 spiro atoms. The molecule has 0 aromatic heterocycles. The minimum Gasteiger partial charge on any atom is -0.350 e. The molecule has 0 saturated carbocycles. The third kappa shape index (κ3) is 7.81. The van der Waals surface area contributed by atoms with Crippen molar-refractivity contribution in [2.75, 3.05) is 0 Å². The van der Waals surface area contributed by atoms with Gasteiger partial charge in [-0.3, -0.25) is 4.79 Å². The smallest absolute Gasteiger partial charge is 0.243 e. The van der Waals surface area contributed by atoms with Crippen molar-refractivity contribution in [2.24, 2.45) is 0 Å². The van der Waals surface area contributed by atoms with E-state index in [4.69, 9.17) is 0 Å². The van der Waals surface area contributed by atoms with Gasteiger partial charge in [-0.2, -0.15) is 0 Å². The van der Waals surface area contributed by atoms with Gasteiger partial charge in [-0.05, 0) is 19.9 Å². The van der Waals surface area contributed by atoms with E-state index in [9.17, 15) is 4.79 Å². The second kappa shape index (κ2) is 5.94. The van der Waals surface area contributed by atoms with E-state index in [2.05, 4.69) is 11.9 Å². The van der Waals surface area contributed by atoms with Crippen molar-refractivity contribution in [1.82, 2.24) is 5.32 Å². The first-order chi connectivity index (χ1) is 3.66. The van der Waals surface area contributed by atoms with Gasteiger partial charge in [-0.15, -0.1) is 0 Å². The Hall–Kier alpha value is -0.193. The third-order valence-corrected chi connectivity index (χ3v) is 0.616. The van der Waals surface area contributed by atoms with Crippen LogP contribution in [0.25, 0.3) is 0 Å². The molecule has 0 aromatic rings. The molecule has 0 aliphatic heterocycles. The van der Waals surface area contributed by atoms with E-state index in [1.807, 2.05) is 13.8 Å². The van der Waals surface area contributed by atoms with Crippen LogP contribution in [0.2, 0.25) is 0 Å². The molecule has 47 valence electrons. The topological polar surface area (TPSA) is 29.1 Å². The first-order valence-corrected chi connectivity index (χ1v) is 2.59. The van der Waals surface area contributed by atoms with E-state index in [0.717, 1.165) is 0 Å². The second-order valence-electron chi connectivity index (χ2n) is 1.87. The summed E-state index contributed by atoms with van der Waals surface area (Å²) in [6.07, 6.45) is 1.26. The summed E-state index contributed by atoms with van der Waals surface area (Å²) in [5, 5.41) is 2.64. The van der Waals surface area contributed by atoms with Crippen LogP contribution < -0.4 is 5.32 Å². The fourth-order valence-corrected chi connectivity index (χ4v) is 0.343. The summed E-state index contributed by atoms with van der Waals surface area (Å²) in [7, 11) is 0. The molecular formula is C6H11LiNO. The fraction of sp³-hybridized carbons (Fsp3) is 0.500. The molecule has 3 heteroatoms. The van der Waals surface area contributed by atoms with Crippen LogP contribution in [0.3, 0.4) is 0 Å². The fourth-order valence-electron chi connectivity index (χ4n) is 0.343. The zero-order chi connectivity index (χ0) is 6.57. The van der Waals surface area contributed by atoms with Crippen LogP contribution in [0.15, 0.2) is 12.7 Å². The Labute approximate surface area is 67.9 Å². The number of nitrogens with one attached hydrogen (secondary N) is 1. The van der Waals surface area contributed by atoms with Crippen LogP contribution in [0.4, 0.5) is 0 Å². The third-order valence-electron chi connectivity index (χ3n) is 0.616. The van der Waals surface area contributed by atoms with Gasteiger partial charge in [0.1, 0.15) is 0 Å². The average Bonchev–Trinajstić information content (AvgIpc) is 1.65. The quantitative estimate of drug-likeness (QED) is 0.412. The van der Waals surface area contributed by atoms with E-state index in [-0.39, 0.29) is 30.8 Å². The molecule has 1 N–H and O–H groups in total. The Bertz CT molecular complexity index is 101. The van der Waals surface area contributed by atoms with E-state index in [1.54, 1.807) is 0 Å². The van der Waals surface area contributed by atoms with Crippen molar-refractivity contribution in [2.45, 2.75) is 19.9 Å². The summed E-state index contributed by atoms with van der Waals surface area (Å²) < 4.78 is 0. The predicted octanol–water partition coefficient (Wildman–Crippen LogP) is 0.316. The van der Waals surface area contributed by atoms with Crippen LogP contribution in [-0.2, 0) is 4.79 Å². The zero-order valence-corrected chi connectivity index (χ0v) is 6.27. The molecule has 0 rings (SSSR count). The summed E-state index contributed by atoms with van der Waals surface area (Å²) >= 11 is 0. The Morgan fingerprint density at radius 2 is 2.11 bits per heavy atom. The maximum absolute atomic E-state index is 10.4. The van der Waals surface area contributed by atoms with E-state index >= 15 is 0 Å². The van der Waals surface area contributed by atoms with Crippen molar-refractivity contribution >= 4 is 24.8 Å². The second-order valence-corrected chi connectivity index (χ2v) is 1.87. The SMILES string of the molecule is C=CC(=O)NC(C)C.[Li]. The normalized spacial score (nSPS) is 7.89. The van der Waals surface area contributed by atoms with E-state index < -0.39 is 0 Å². The Morgan fingerprint density at radius 3 is 2.22 bits per heavy atom. The van der Waals surface area contributed by atoms with Gasteiger partial charge in [0.05, 0.1) is 0 Å². The van der Waals surface area contributed by atoms with Gasteiger partial charge in [-0.1, -0.05) is 6.58 Å². The van der Waals surface area contributed by atoms with E-state index in [1.165, 1.54) is 6.08 Å². The van der Waals surface area contributed by atoms with Crippen molar-refractivity contribution < 1.29 is 4.79 Å². The number of carbonyl (C=O) groups excluding carboxylic acids is 1. The molecule has 1 radical (unpaired) electrons. The summed E-state index contributed by atoms with van der Waals surface area (Å²) in [5.41, 5.74) is 0. The van der Waals surface area contributed by atoms with Crippen LogP contribution in [-0.4, -0.2) is 30.8 Å². The molecule has 0 atom stereocenters. The standard InChI is InChI=1S/C6H11NO.Li/c1-4-6(8)7-5(2)3;/h4-5H,1H2,2-3H3,(H,7,8);. The van der Waals surface area contributed by atoms with Crippen LogP contribution >= 0.6 is 0 Å². The van der Waals surface area contributed by atoms with Crippen molar-refractivity contribution in [3.05, 3.63) is 12.7 Å². The summed E-state index contributed by atoms with van der Waals surface area (Å²) in [6, 6.07) is 0.209. The zero-order valence-electron chi connectivity index (χ0n) is 6.27.